The molecule has 2 aromatic rings. The molecule has 0 radical (unpaired) electrons. The summed E-state index contributed by atoms with van der Waals surface area (Å²) in [5.74, 6) is 0.617. The monoisotopic (exact) mass is 415 g/mol. The second-order valence-corrected chi connectivity index (χ2v) is 9.14. The van der Waals surface area contributed by atoms with Crippen molar-refractivity contribution in [2.24, 2.45) is 10.7 Å². The van der Waals surface area contributed by atoms with Crippen LogP contribution >= 0.6 is 0 Å². The molecule has 0 atom stereocenters. The first kappa shape index (κ1) is 20.3. The Balaban J connectivity index is 1.23. The molecule has 2 aliphatic carbocycles. The minimum Gasteiger partial charge on any atom is -0.386 e. The molecule has 1 aromatic heterocycles. The molecule has 1 aliphatic heterocycles. The zero-order valence-electron chi connectivity index (χ0n) is 18.3. The lowest BCUT2D eigenvalue weighted by molar-refractivity contribution is 0.0397. The van der Waals surface area contributed by atoms with Crippen molar-refractivity contribution in [1.82, 2.24) is 9.88 Å². The predicted octanol–water partition coefficient (Wildman–Crippen LogP) is 4.60. The Morgan fingerprint density at radius 1 is 1.00 bits per heavy atom. The summed E-state index contributed by atoms with van der Waals surface area (Å²) in [6, 6.07) is 14.7. The Labute approximate surface area is 185 Å². The van der Waals surface area contributed by atoms with Crippen LogP contribution in [0.5, 0.6) is 0 Å². The predicted molar refractivity (Wildman–Crippen MR) is 128 cm³/mol. The number of nitrogens with two attached hydrogens (primary N) is 1. The summed E-state index contributed by atoms with van der Waals surface area (Å²) in [5.41, 5.74) is 10.7. The van der Waals surface area contributed by atoms with Crippen molar-refractivity contribution in [3.8, 4) is 0 Å². The maximum Gasteiger partial charge on any atom is 0.119 e. The third-order valence-corrected chi connectivity index (χ3v) is 7.14. The zero-order valence-corrected chi connectivity index (χ0v) is 18.3. The van der Waals surface area contributed by atoms with Crippen molar-refractivity contribution in [2.45, 2.75) is 63.5 Å². The SMILES string of the molecule is NC1=NC=C(c2ccc(CCCN(C3CCC3)C3CCC3)cc2)N(c2cccnc2)C1. The van der Waals surface area contributed by atoms with Gasteiger partial charge < -0.3 is 10.6 Å². The van der Waals surface area contributed by atoms with Gasteiger partial charge in [0.25, 0.3) is 0 Å². The van der Waals surface area contributed by atoms with Crippen LogP contribution in [0, 0.1) is 0 Å². The van der Waals surface area contributed by atoms with Crippen LogP contribution in [-0.4, -0.2) is 40.9 Å². The number of aromatic nitrogens is 1. The first-order valence-corrected chi connectivity index (χ1v) is 11.8. The smallest absolute Gasteiger partial charge is 0.119 e. The fourth-order valence-corrected chi connectivity index (χ4v) is 4.88. The van der Waals surface area contributed by atoms with E-state index in [-0.39, 0.29) is 0 Å². The topological polar surface area (TPSA) is 57.8 Å². The van der Waals surface area contributed by atoms with Gasteiger partial charge >= 0.3 is 0 Å². The minimum absolute atomic E-state index is 0.581. The number of aliphatic imine (C=N–C) groups is 1. The number of rotatable bonds is 8. The maximum absolute atomic E-state index is 6.02. The lowest BCUT2D eigenvalue weighted by atomic mass is 9.84. The average molecular weight is 416 g/mol. The van der Waals surface area contributed by atoms with Gasteiger partial charge in [-0.15, -0.1) is 0 Å². The van der Waals surface area contributed by atoms with E-state index in [2.05, 4.69) is 50.1 Å². The Bertz CT molecular complexity index is 912. The van der Waals surface area contributed by atoms with E-state index in [1.807, 2.05) is 18.5 Å². The summed E-state index contributed by atoms with van der Waals surface area (Å²) in [6.07, 6.45) is 16.5. The Morgan fingerprint density at radius 2 is 1.74 bits per heavy atom. The molecular formula is C26H33N5. The van der Waals surface area contributed by atoms with Crippen LogP contribution in [0.25, 0.3) is 5.70 Å². The molecule has 2 N–H and O–H groups in total. The second-order valence-electron chi connectivity index (χ2n) is 9.14. The van der Waals surface area contributed by atoms with Crippen molar-refractivity contribution >= 4 is 17.2 Å². The summed E-state index contributed by atoms with van der Waals surface area (Å²) >= 11 is 0. The van der Waals surface area contributed by atoms with Crippen LogP contribution in [0.15, 0.2) is 60.0 Å². The molecule has 3 aliphatic rings. The lowest BCUT2D eigenvalue weighted by Gasteiger charge is -2.46. The normalized spacial score (nSPS) is 19.6. The third-order valence-electron chi connectivity index (χ3n) is 7.14. The molecule has 5 heteroatoms. The van der Waals surface area contributed by atoms with Crippen LogP contribution in [0.4, 0.5) is 5.69 Å². The Morgan fingerprint density at radius 3 is 2.35 bits per heavy atom. The maximum atomic E-state index is 6.02. The van der Waals surface area contributed by atoms with E-state index in [0.29, 0.717) is 12.4 Å². The highest BCUT2D eigenvalue weighted by atomic mass is 15.2. The zero-order chi connectivity index (χ0) is 21.0. The van der Waals surface area contributed by atoms with E-state index in [1.54, 1.807) is 6.20 Å². The number of hydrogen-bond donors (Lipinski definition) is 1. The van der Waals surface area contributed by atoms with Crippen LogP contribution in [-0.2, 0) is 6.42 Å². The summed E-state index contributed by atoms with van der Waals surface area (Å²) < 4.78 is 0. The van der Waals surface area contributed by atoms with E-state index >= 15 is 0 Å². The van der Waals surface area contributed by atoms with Gasteiger partial charge in [0, 0.05) is 18.3 Å². The van der Waals surface area contributed by atoms with Gasteiger partial charge in [0.15, 0.2) is 0 Å². The third kappa shape index (κ3) is 4.52. The van der Waals surface area contributed by atoms with E-state index in [0.717, 1.165) is 35.5 Å². The van der Waals surface area contributed by atoms with Crippen molar-refractivity contribution in [2.75, 3.05) is 18.0 Å². The number of pyridine rings is 1. The van der Waals surface area contributed by atoms with Crippen molar-refractivity contribution in [3.63, 3.8) is 0 Å². The van der Waals surface area contributed by atoms with Crippen molar-refractivity contribution in [1.29, 1.82) is 0 Å². The Hall–Kier alpha value is -2.66. The second kappa shape index (κ2) is 9.23. The number of nitrogens with zero attached hydrogens (tertiary/aromatic N) is 4. The molecule has 0 saturated heterocycles. The summed E-state index contributed by atoms with van der Waals surface area (Å²) in [4.78, 5) is 13.7. The van der Waals surface area contributed by atoms with Gasteiger partial charge in [-0.1, -0.05) is 37.1 Å². The van der Waals surface area contributed by atoms with E-state index in [1.165, 1.54) is 57.1 Å². The minimum atomic E-state index is 0.581. The first-order chi connectivity index (χ1) is 15.3. The molecular weight excluding hydrogens is 382 g/mol. The van der Waals surface area contributed by atoms with Gasteiger partial charge in [-0.05, 0) is 68.3 Å². The molecule has 2 saturated carbocycles. The molecule has 5 nitrogen and oxygen atoms in total. The number of anilines is 1. The highest BCUT2D eigenvalue weighted by Gasteiger charge is 2.32. The van der Waals surface area contributed by atoms with Gasteiger partial charge in [-0.3, -0.25) is 9.88 Å². The van der Waals surface area contributed by atoms with E-state index < -0.39 is 0 Å². The van der Waals surface area contributed by atoms with Crippen LogP contribution in [0.2, 0.25) is 0 Å². The first-order valence-electron chi connectivity index (χ1n) is 11.8. The quantitative estimate of drug-likeness (QED) is 0.685. The molecule has 5 rings (SSSR count). The van der Waals surface area contributed by atoms with Gasteiger partial charge in [0.1, 0.15) is 5.84 Å². The Kier molecular flexibility index (Phi) is 6.03. The number of amidine groups is 1. The number of hydrogen-bond acceptors (Lipinski definition) is 5. The molecule has 2 heterocycles. The summed E-state index contributed by atoms with van der Waals surface area (Å²) in [5, 5.41) is 0. The standard InChI is InChI=1S/C26H33N5/c27-26-19-31(24-10-3-15-28-17-24)25(18-29-26)21-13-11-20(12-14-21)5-4-16-30(22-6-1-7-22)23-8-2-9-23/h3,10-15,17-18,22-23H,1-2,4-9,16,19H2,(H2,27,29). The van der Waals surface area contributed by atoms with Crippen molar-refractivity contribution < 1.29 is 0 Å². The van der Waals surface area contributed by atoms with Crippen LogP contribution in [0.3, 0.4) is 0 Å². The van der Waals surface area contributed by atoms with E-state index in [9.17, 15) is 0 Å². The number of aryl methyl sites for hydroxylation is 1. The summed E-state index contributed by atoms with van der Waals surface area (Å²) in [7, 11) is 0. The molecule has 162 valence electrons. The fraction of sp³-hybridized carbons (Fsp3) is 0.462. The fourth-order valence-electron chi connectivity index (χ4n) is 4.88. The highest BCUT2D eigenvalue weighted by Crippen LogP contribution is 2.34. The van der Waals surface area contributed by atoms with E-state index in [4.69, 9.17) is 5.73 Å². The molecule has 2 fully saturated rings. The van der Waals surface area contributed by atoms with Crippen LogP contribution in [0.1, 0.15) is 56.1 Å². The highest BCUT2D eigenvalue weighted by molar-refractivity contribution is 5.94. The molecule has 1 aromatic carbocycles. The van der Waals surface area contributed by atoms with Gasteiger partial charge in [-0.2, -0.15) is 0 Å². The van der Waals surface area contributed by atoms with Crippen molar-refractivity contribution in [3.05, 3.63) is 66.1 Å². The average Bonchev–Trinajstić information content (AvgIpc) is 2.72. The molecule has 0 spiro atoms. The van der Waals surface area contributed by atoms with Gasteiger partial charge in [-0.25, -0.2) is 4.99 Å². The number of benzene rings is 1. The van der Waals surface area contributed by atoms with Gasteiger partial charge in [0.2, 0.25) is 0 Å². The lowest BCUT2D eigenvalue weighted by Crippen LogP contribution is -2.49. The summed E-state index contributed by atoms with van der Waals surface area (Å²) in [6.45, 7) is 1.84. The molecule has 0 unspecified atom stereocenters. The van der Waals surface area contributed by atoms with Gasteiger partial charge in [0.05, 0.1) is 30.3 Å². The molecule has 31 heavy (non-hydrogen) atoms. The largest absolute Gasteiger partial charge is 0.386 e. The van der Waals surface area contributed by atoms with Crippen LogP contribution < -0.4 is 10.6 Å². The molecule has 0 bridgehead atoms. The molecule has 0 amide bonds.